The minimum absolute atomic E-state index is 0.0819. The molecule has 0 bridgehead atoms. The Labute approximate surface area is 174 Å². The lowest BCUT2D eigenvalue weighted by molar-refractivity contribution is -0.118. The summed E-state index contributed by atoms with van der Waals surface area (Å²) in [5, 5.41) is 11.3. The summed E-state index contributed by atoms with van der Waals surface area (Å²) in [4.78, 5) is 14.1. The van der Waals surface area contributed by atoms with Crippen LogP contribution in [-0.2, 0) is 17.8 Å². The van der Waals surface area contributed by atoms with Crippen molar-refractivity contribution in [3.05, 3.63) is 65.5 Å². The first-order chi connectivity index (χ1) is 14.0. The van der Waals surface area contributed by atoms with Gasteiger partial charge >= 0.3 is 0 Å². The third kappa shape index (κ3) is 6.25. The zero-order valence-electron chi connectivity index (χ0n) is 16.7. The number of nitrogens with one attached hydrogen (secondary N) is 1. The van der Waals surface area contributed by atoms with Crippen LogP contribution in [0.1, 0.15) is 17.0 Å². The van der Waals surface area contributed by atoms with Gasteiger partial charge in [0.05, 0.1) is 19.3 Å². The monoisotopic (exact) mass is 412 g/mol. The molecule has 0 spiro atoms. The highest BCUT2D eigenvalue weighted by Crippen LogP contribution is 2.19. The molecule has 1 aromatic heterocycles. The first-order valence-electron chi connectivity index (χ1n) is 9.14. The van der Waals surface area contributed by atoms with E-state index in [1.54, 1.807) is 7.11 Å². The normalized spacial score (nSPS) is 10.6. The van der Waals surface area contributed by atoms with E-state index in [2.05, 4.69) is 15.5 Å². The van der Waals surface area contributed by atoms with E-state index in [0.717, 1.165) is 22.6 Å². The SMILES string of the molecule is COc1ccc(Cc2nnc(SCC(=O)NCc3ccc(N(C)C)cc3)o2)cc1. The standard InChI is InChI=1S/C21H24N4O3S/c1-25(2)17-8-4-16(5-9-17)13-22-19(26)14-29-21-24-23-20(28-21)12-15-6-10-18(27-3)11-7-15/h4-11H,12-14H2,1-3H3,(H,22,26). The van der Waals surface area contributed by atoms with Gasteiger partial charge in [-0.05, 0) is 35.4 Å². The molecule has 0 aliphatic carbocycles. The maximum Gasteiger partial charge on any atom is 0.277 e. The highest BCUT2D eigenvalue weighted by Gasteiger charge is 2.10. The van der Waals surface area contributed by atoms with Crippen molar-refractivity contribution < 1.29 is 13.9 Å². The van der Waals surface area contributed by atoms with E-state index in [9.17, 15) is 4.79 Å². The molecule has 0 atom stereocenters. The van der Waals surface area contributed by atoms with Crippen LogP contribution in [-0.4, -0.2) is 43.1 Å². The van der Waals surface area contributed by atoms with Gasteiger partial charge in [0.15, 0.2) is 0 Å². The molecule has 7 nitrogen and oxygen atoms in total. The summed E-state index contributed by atoms with van der Waals surface area (Å²) in [7, 11) is 5.62. The second kappa shape index (κ2) is 9.97. The van der Waals surface area contributed by atoms with Gasteiger partial charge in [0.2, 0.25) is 11.8 Å². The van der Waals surface area contributed by atoms with Crippen molar-refractivity contribution >= 4 is 23.4 Å². The van der Waals surface area contributed by atoms with Gasteiger partial charge in [0.1, 0.15) is 5.75 Å². The number of nitrogens with zero attached hydrogens (tertiary/aromatic N) is 3. The number of methoxy groups -OCH3 is 1. The highest BCUT2D eigenvalue weighted by atomic mass is 32.2. The Balaban J connectivity index is 1.43. The molecule has 0 saturated heterocycles. The van der Waals surface area contributed by atoms with E-state index in [1.165, 1.54) is 11.8 Å². The minimum atomic E-state index is -0.0819. The Bertz CT molecular complexity index is 924. The maximum absolute atomic E-state index is 12.1. The summed E-state index contributed by atoms with van der Waals surface area (Å²) >= 11 is 1.23. The first kappa shape index (κ1) is 20.7. The van der Waals surface area contributed by atoms with Crippen molar-refractivity contribution in [3.8, 4) is 5.75 Å². The Kier molecular flexibility index (Phi) is 7.13. The summed E-state index contributed by atoms with van der Waals surface area (Å²) in [5.41, 5.74) is 3.22. The summed E-state index contributed by atoms with van der Waals surface area (Å²) in [6, 6.07) is 15.7. The van der Waals surface area contributed by atoms with Crippen LogP contribution in [0.4, 0.5) is 5.69 Å². The van der Waals surface area contributed by atoms with Crippen LogP contribution in [0.3, 0.4) is 0 Å². The fourth-order valence-electron chi connectivity index (χ4n) is 2.58. The number of thioether (sulfide) groups is 1. The lowest BCUT2D eigenvalue weighted by atomic mass is 10.1. The second-order valence-corrected chi connectivity index (χ2v) is 7.54. The number of carbonyl (C=O) groups excluding carboxylic acids is 1. The van der Waals surface area contributed by atoms with Crippen molar-refractivity contribution in [1.29, 1.82) is 0 Å². The number of benzene rings is 2. The van der Waals surface area contributed by atoms with E-state index in [1.807, 2.05) is 67.5 Å². The van der Waals surface area contributed by atoms with Gasteiger partial charge in [0.25, 0.3) is 5.22 Å². The minimum Gasteiger partial charge on any atom is -0.497 e. The van der Waals surface area contributed by atoms with E-state index >= 15 is 0 Å². The Morgan fingerprint density at radius 1 is 1.07 bits per heavy atom. The smallest absolute Gasteiger partial charge is 0.277 e. The third-order valence-electron chi connectivity index (χ3n) is 4.23. The largest absolute Gasteiger partial charge is 0.497 e. The van der Waals surface area contributed by atoms with Crippen LogP contribution in [0.2, 0.25) is 0 Å². The Morgan fingerprint density at radius 2 is 1.76 bits per heavy atom. The molecule has 1 amide bonds. The fourth-order valence-corrected chi connectivity index (χ4v) is 3.19. The summed E-state index contributed by atoms with van der Waals surface area (Å²) in [6.07, 6.45) is 0.534. The zero-order chi connectivity index (χ0) is 20.6. The van der Waals surface area contributed by atoms with E-state index in [4.69, 9.17) is 9.15 Å². The van der Waals surface area contributed by atoms with E-state index < -0.39 is 0 Å². The van der Waals surface area contributed by atoms with Gasteiger partial charge in [-0.3, -0.25) is 4.79 Å². The molecule has 0 fully saturated rings. The molecule has 8 heteroatoms. The molecule has 2 aromatic carbocycles. The third-order valence-corrected chi connectivity index (χ3v) is 5.05. The molecule has 0 aliphatic rings. The Hall–Kier alpha value is -3.00. The van der Waals surface area contributed by atoms with Gasteiger partial charge in [-0.1, -0.05) is 36.0 Å². The van der Waals surface area contributed by atoms with Crippen LogP contribution < -0.4 is 15.0 Å². The molecule has 0 aliphatic heterocycles. The van der Waals surface area contributed by atoms with E-state index in [-0.39, 0.29) is 11.7 Å². The lowest BCUT2D eigenvalue weighted by Crippen LogP contribution is -2.24. The summed E-state index contributed by atoms with van der Waals surface area (Å²) in [5.74, 6) is 1.45. The number of rotatable bonds is 9. The van der Waals surface area contributed by atoms with Crippen molar-refractivity contribution in [1.82, 2.24) is 15.5 Å². The van der Waals surface area contributed by atoms with Gasteiger partial charge < -0.3 is 19.4 Å². The molecule has 0 radical (unpaired) electrons. The predicted octanol–water partition coefficient (Wildman–Crippen LogP) is 3.14. The van der Waals surface area contributed by atoms with E-state index in [0.29, 0.717) is 24.1 Å². The fraction of sp³-hybridized carbons (Fsp3) is 0.286. The number of anilines is 1. The number of hydrogen-bond acceptors (Lipinski definition) is 7. The highest BCUT2D eigenvalue weighted by molar-refractivity contribution is 7.99. The average molecular weight is 413 g/mol. The molecule has 3 aromatic rings. The number of ether oxygens (including phenoxy) is 1. The molecule has 152 valence electrons. The number of hydrogen-bond donors (Lipinski definition) is 1. The van der Waals surface area contributed by atoms with Crippen molar-refractivity contribution in [2.24, 2.45) is 0 Å². The van der Waals surface area contributed by atoms with Gasteiger partial charge in [-0.2, -0.15) is 0 Å². The molecule has 0 unspecified atom stereocenters. The summed E-state index contributed by atoms with van der Waals surface area (Å²) < 4.78 is 10.8. The lowest BCUT2D eigenvalue weighted by Gasteiger charge is -2.12. The van der Waals surface area contributed by atoms with Gasteiger partial charge in [0, 0.05) is 26.3 Å². The van der Waals surface area contributed by atoms with Gasteiger partial charge in [-0.25, -0.2) is 0 Å². The molecular weight excluding hydrogens is 388 g/mol. The average Bonchev–Trinajstić information content (AvgIpc) is 3.19. The second-order valence-electron chi connectivity index (χ2n) is 6.61. The molecule has 0 saturated carbocycles. The van der Waals surface area contributed by atoms with Crippen LogP contribution in [0.5, 0.6) is 5.75 Å². The first-order valence-corrected chi connectivity index (χ1v) is 10.1. The topological polar surface area (TPSA) is 80.5 Å². The quantitative estimate of drug-likeness (QED) is 0.541. The molecule has 1 N–H and O–H groups in total. The Morgan fingerprint density at radius 3 is 2.41 bits per heavy atom. The van der Waals surface area contributed by atoms with Crippen LogP contribution in [0, 0.1) is 0 Å². The molecular formula is C21H24N4O3S. The number of aromatic nitrogens is 2. The van der Waals surface area contributed by atoms with Crippen molar-refractivity contribution in [2.75, 3.05) is 31.9 Å². The maximum atomic E-state index is 12.1. The summed E-state index contributed by atoms with van der Waals surface area (Å²) in [6.45, 7) is 0.486. The van der Waals surface area contributed by atoms with Gasteiger partial charge in [-0.15, -0.1) is 10.2 Å². The van der Waals surface area contributed by atoms with Crippen LogP contribution in [0.15, 0.2) is 58.2 Å². The molecule has 29 heavy (non-hydrogen) atoms. The van der Waals surface area contributed by atoms with Crippen molar-refractivity contribution in [3.63, 3.8) is 0 Å². The molecule has 3 rings (SSSR count). The number of carbonyl (C=O) groups is 1. The molecule has 1 heterocycles. The predicted molar refractivity (Wildman–Crippen MR) is 113 cm³/mol. The number of amides is 1. The van der Waals surface area contributed by atoms with Crippen LogP contribution in [0.25, 0.3) is 0 Å². The zero-order valence-corrected chi connectivity index (χ0v) is 17.5. The van der Waals surface area contributed by atoms with Crippen LogP contribution >= 0.6 is 11.8 Å². The van der Waals surface area contributed by atoms with Crippen molar-refractivity contribution in [2.45, 2.75) is 18.2 Å².